The van der Waals surface area contributed by atoms with E-state index in [-0.39, 0.29) is 37.3 Å². The summed E-state index contributed by atoms with van der Waals surface area (Å²) in [6.07, 6.45) is 1.93. The minimum absolute atomic E-state index is 0. The number of ether oxygens (including phenoxy) is 1. The number of nitrogens with zero attached hydrogens (tertiary/aromatic N) is 4. The Labute approximate surface area is 519 Å². The second-order valence-corrected chi connectivity index (χ2v) is 29.5. The maximum absolute atomic E-state index is 6.96. The molecule has 422 valence electrons. The van der Waals surface area contributed by atoms with E-state index in [0.717, 1.165) is 83.4 Å². The monoisotopic (exact) mass is 1310 g/mol. The Bertz CT molecular complexity index is 4710. The van der Waals surface area contributed by atoms with Crippen LogP contribution in [0.25, 0.3) is 60.7 Å². The average Bonchev–Trinajstić information content (AvgIpc) is 2.53. The van der Waals surface area contributed by atoms with Crippen molar-refractivity contribution in [3.05, 3.63) is 266 Å². The molecule has 0 radical (unpaired) electrons. The number of aromatic nitrogens is 2. The molecule has 13 aromatic rings. The zero-order chi connectivity index (χ0) is 58.4. The van der Waals surface area contributed by atoms with Gasteiger partial charge in [-0.25, -0.2) is 4.98 Å². The molecule has 0 saturated heterocycles. The Morgan fingerprint density at radius 3 is 1.73 bits per heavy atom. The van der Waals surface area contributed by atoms with E-state index in [0.29, 0.717) is 11.5 Å². The molecule has 0 aliphatic carbocycles. The summed E-state index contributed by atoms with van der Waals surface area (Å²) in [5.74, 6) is 1.93. The first-order valence-electron chi connectivity index (χ1n) is 29.4. The van der Waals surface area contributed by atoms with E-state index in [2.05, 4.69) is 294 Å². The molecule has 3 aromatic heterocycles. The van der Waals surface area contributed by atoms with Crippen molar-refractivity contribution in [2.75, 3.05) is 0 Å². The van der Waals surface area contributed by atoms with Gasteiger partial charge in [0.05, 0.1) is 5.56 Å². The summed E-state index contributed by atoms with van der Waals surface area (Å²) in [6, 6.07) is 94.7. The molecule has 0 amide bonds. The van der Waals surface area contributed by atoms with E-state index in [9.17, 15) is 0 Å². The maximum Gasteiger partial charge on any atom is 2.00 e. The van der Waals surface area contributed by atoms with Gasteiger partial charge in [0.25, 0.3) is 5.69 Å². The van der Waals surface area contributed by atoms with Crippen LogP contribution in [0.1, 0.15) is 79.0 Å². The molecule has 0 N–H and O–H groups in total. The molecule has 4 heterocycles. The van der Waals surface area contributed by atoms with Crippen LogP contribution < -0.4 is 34.6 Å². The minimum atomic E-state index is -2.87. The Hall–Kier alpha value is -8.96. The Balaban J connectivity index is 0.00000686. The summed E-state index contributed by atoms with van der Waals surface area (Å²) in [4.78, 5) is 5.09. The van der Waals surface area contributed by atoms with E-state index in [4.69, 9.17) is 14.1 Å². The molecule has 1 aliphatic heterocycles. The molecule has 0 atom stereocenters. The predicted molar refractivity (Wildman–Crippen MR) is 356 cm³/mol. The normalized spacial score (nSPS) is 12.8. The quantitative estimate of drug-likeness (QED) is 0.0593. The van der Waals surface area contributed by atoms with Gasteiger partial charge in [0.1, 0.15) is 22.7 Å². The number of hydrogen-bond donors (Lipinski definition) is 0. The molecule has 0 bridgehead atoms. The predicted octanol–water partition coefficient (Wildman–Crippen LogP) is 17.3. The van der Waals surface area contributed by atoms with Crippen LogP contribution in [0, 0.1) is 12.1 Å². The number of hydrogen-bond acceptors (Lipinski definition) is 3. The molecule has 0 spiro atoms. The molecular formula is C78H66N4O2PtSi+2. The van der Waals surface area contributed by atoms with Gasteiger partial charge < -0.3 is 13.7 Å². The molecular weight excluding hydrogens is 1250 g/mol. The minimum Gasteiger partial charge on any atom is -0.509 e. The molecule has 6 nitrogen and oxygen atoms in total. The van der Waals surface area contributed by atoms with Gasteiger partial charge in [0, 0.05) is 57.7 Å². The average molecular weight is 1310 g/mol. The SMILES string of the molecule is CC(C)(C)c1cc([N+]2=C=[N+](c3[c-]c(Oc4[c-]c5c(cc4)c4cc([Si](c6ccccc6)(c6ccccc6)c6ccccc6)ccc4n5-c4cc(C(C)(C)C)ccn4)ccc3)c3cccc(-c4cccc5c4oc4ccccc45)c32)cc(C(C)(C)C)c1.[Pt+2]. The summed E-state index contributed by atoms with van der Waals surface area (Å²) in [7, 11) is -2.87. The summed E-state index contributed by atoms with van der Waals surface area (Å²) in [6.45, 7) is 20.4. The van der Waals surface area contributed by atoms with Crippen molar-refractivity contribution in [3.8, 4) is 28.4 Å². The molecule has 0 fully saturated rings. The van der Waals surface area contributed by atoms with Gasteiger partial charge in [0.15, 0.2) is 8.07 Å². The summed E-state index contributed by atoms with van der Waals surface area (Å²) in [5, 5.41) is 9.60. The second kappa shape index (κ2) is 21.5. The van der Waals surface area contributed by atoms with Crippen LogP contribution in [0.4, 0.5) is 22.7 Å². The fourth-order valence-electron chi connectivity index (χ4n) is 12.6. The van der Waals surface area contributed by atoms with Crippen molar-refractivity contribution in [1.82, 2.24) is 18.7 Å². The van der Waals surface area contributed by atoms with Crippen molar-refractivity contribution in [1.29, 1.82) is 0 Å². The molecule has 8 heteroatoms. The van der Waals surface area contributed by atoms with Crippen LogP contribution in [0.3, 0.4) is 0 Å². The fourth-order valence-corrected chi connectivity index (χ4v) is 17.3. The Morgan fingerprint density at radius 1 is 0.477 bits per heavy atom. The molecule has 86 heavy (non-hydrogen) atoms. The molecule has 1 aliphatic rings. The van der Waals surface area contributed by atoms with Gasteiger partial charge in [-0.2, -0.15) is 12.1 Å². The van der Waals surface area contributed by atoms with Gasteiger partial charge in [-0.15, -0.1) is 23.6 Å². The van der Waals surface area contributed by atoms with Gasteiger partial charge in [-0.05, 0) is 94.0 Å². The third-order valence-electron chi connectivity index (χ3n) is 17.0. The fraction of sp³-hybridized carbons (Fsp3) is 0.154. The number of rotatable bonds is 10. The van der Waals surface area contributed by atoms with Gasteiger partial charge in [-0.1, -0.05) is 236 Å². The van der Waals surface area contributed by atoms with Crippen LogP contribution in [0.15, 0.2) is 241 Å². The van der Waals surface area contributed by atoms with E-state index in [1.807, 2.05) is 36.5 Å². The first kappa shape index (κ1) is 56.2. The standard InChI is InChI=1S/C78H66N4O2Si.Pt/c1-76(2,3)52-42-43-79-73(47-52)82-69-41-39-62(85(59-26-13-10-14-27-59,60-28-15-11-16-29-60)61-30-17-12-18-31-61)50-68(69)63-40-38-58(49-71(63)82)83-57-25-21-24-55(48-57)80-51-81(56-45-53(77(4,5)6)44-54(46-56)78(7,8)9)74-65(33-23-36-70(74)80)67-35-22-34-66-64-32-19-20-37-72(64)84-75(66)67;/h10-47,50H,1-9H3;/q;+2. The zero-order valence-corrected chi connectivity index (χ0v) is 53.2. The van der Waals surface area contributed by atoms with Gasteiger partial charge >= 0.3 is 32.8 Å². The number of furan rings is 1. The van der Waals surface area contributed by atoms with Gasteiger partial charge in [0.2, 0.25) is 5.69 Å². The molecule has 0 saturated carbocycles. The van der Waals surface area contributed by atoms with Crippen LogP contribution in [0.2, 0.25) is 0 Å². The summed E-state index contributed by atoms with van der Waals surface area (Å²) in [5.41, 5.74) is 12.8. The van der Waals surface area contributed by atoms with Crippen molar-refractivity contribution in [3.63, 3.8) is 0 Å². The molecule has 0 unspecified atom stereocenters. The molecule has 14 rings (SSSR count). The van der Waals surface area contributed by atoms with Crippen LogP contribution in [-0.2, 0) is 37.3 Å². The topological polar surface area (TPSA) is 46.2 Å². The Kier molecular flexibility index (Phi) is 14.1. The van der Waals surface area contributed by atoms with E-state index in [1.165, 1.54) is 37.4 Å². The van der Waals surface area contributed by atoms with E-state index >= 15 is 0 Å². The number of fused-ring (bicyclic) bond motifs is 7. The number of benzene rings is 10. The van der Waals surface area contributed by atoms with Crippen molar-refractivity contribution in [2.24, 2.45) is 0 Å². The first-order valence-corrected chi connectivity index (χ1v) is 31.4. The zero-order valence-electron chi connectivity index (χ0n) is 49.9. The Morgan fingerprint density at radius 2 is 1.07 bits per heavy atom. The summed E-state index contributed by atoms with van der Waals surface area (Å²) >= 11 is 0. The first-order chi connectivity index (χ1) is 41.0. The third kappa shape index (κ3) is 9.69. The molecule has 10 aromatic carbocycles. The van der Waals surface area contributed by atoms with Crippen LogP contribution >= 0.6 is 0 Å². The maximum atomic E-state index is 6.96. The van der Waals surface area contributed by atoms with Crippen LogP contribution in [0.5, 0.6) is 11.5 Å². The largest absolute Gasteiger partial charge is 2.00 e. The summed E-state index contributed by atoms with van der Waals surface area (Å²) < 4.78 is 20.3. The second-order valence-electron chi connectivity index (χ2n) is 25.6. The van der Waals surface area contributed by atoms with E-state index < -0.39 is 8.07 Å². The third-order valence-corrected chi connectivity index (χ3v) is 21.8. The van der Waals surface area contributed by atoms with E-state index in [1.54, 1.807) is 0 Å². The number of para-hydroxylation sites is 3. The number of pyridine rings is 1. The van der Waals surface area contributed by atoms with Crippen LogP contribution in [-0.4, -0.2) is 23.6 Å². The van der Waals surface area contributed by atoms with Crippen molar-refractivity contribution < 1.29 is 30.2 Å². The van der Waals surface area contributed by atoms with Gasteiger partial charge in [-0.3, -0.25) is 0 Å². The smallest absolute Gasteiger partial charge is 0.509 e. The van der Waals surface area contributed by atoms with Crippen molar-refractivity contribution >= 4 is 101 Å². The van der Waals surface area contributed by atoms with Crippen molar-refractivity contribution in [2.45, 2.75) is 78.6 Å².